The number of nitrogens with zero attached hydrogens (tertiary/aromatic N) is 1. The van der Waals surface area contributed by atoms with E-state index in [9.17, 15) is 14.0 Å². The summed E-state index contributed by atoms with van der Waals surface area (Å²) in [6, 6.07) is 15.5. The zero-order valence-electron chi connectivity index (χ0n) is 21.1. The van der Waals surface area contributed by atoms with Crippen molar-refractivity contribution in [1.82, 2.24) is 0 Å². The van der Waals surface area contributed by atoms with Gasteiger partial charge in [0.15, 0.2) is 11.5 Å². The molecule has 1 aliphatic rings. The van der Waals surface area contributed by atoms with Gasteiger partial charge < -0.3 is 29.2 Å². The monoisotopic (exact) mass is 508 g/mol. The first kappa shape index (κ1) is 25.8. The summed E-state index contributed by atoms with van der Waals surface area (Å²) in [6.07, 6.45) is 0.501. The van der Waals surface area contributed by atoms with Crippen LogP contribution in [-0.4, -0.2) is 40.3 Å². The first-order valence-corrected chi connectivity index (χ1v) is 11.7. The molecule has 37 heavy (non-hydrogen) atoms. The molecule has 3 aromatic rings. The predicted octanol–water partition coefficient (Wildman–Crippen LogP) is 4.98. The van der Waals surface area contributed by atoms with Crippen molar-refractivity contribution in [1.29, 1.82) is 0 Å². The largest absolute Gasteiger partial charge is 0.497 e. The van der Waals surface area contributed by atoms with Crippen LogP contribution < -0.4 is 29.2 Å². The lowest BCUT2D eigenvalue weighted by Crippen LogP contribution is -2.47. The summed E-state index contributed by atoms with van der Waals surface area (Å²) in [4.78, 5) is 28.5. The Morgan fingerprint density at radius 3 is 2.05 bits per heavy atom. The highest BCUT2D eigenvalue weighted by atomic mass is 19.1. The minimum absolute atomic E-state index is 0.128. The summed E-state index contributed by atoms with van der Waals surface area (Å²) >= 11 is 0. The highest BCUT2D eigenvalue weighted by Crippen LogP contribution is 2.43. The Bertz CT molecular complexity index is 1240. The number of hydrogen-bond donors (Lipinski definition) is 1. The number of amides is 2. The smallest absolute Gasteiger partial charge is 0.229 e. The van der Waals surface area contributed by atoms with Crippen LogP contribution in [-0.2, 0) is 9.59 Å². The summed E-state index contributed by atoms with van der Waals surface area (Å²) in [6.45, 7) is 0. The second-order valence-corrected chi connectivity index (χ2v) is 8.51. The molecule has 3 aromatic carbocycles. The van der Waals surface area contributed by atoms with E-state index in [1.165, 1.54) is 33.5 Å². The average molecular weight is 509 g/mol. The first-order valence-electron chi connectivity index (χ1n) is 11.7. The van der Waals surface area contributed by atoms with Crippen molar-refractivity contribution in [2.24, 2.45) is 5.92 Å². The average Bonchev–Trinajstić information content (AvgIpc) is 2.92. The highest BCUT2D eigenvalue weighted by molar-refractivity contribution is 6.00. The van der Waals surface area contributed by atoms with Gasteiger partial charge in [0.05, 0.1) is 40.4 Å². The Balaban J connectivity index is 1.73. The number of hydrogen-bond acceptors (Lipinski definition) is 6. The van der Waals surface area contributed by atoms with Crippen LogP contribution in [0.2, 0.25) is 0 Å². The molecule has 0 aliphatic carbocycles. The molecule has 0 unspecified atom stereocenters. The molecular weight excluding hydrogens is 479 g/mol. The first-order chi connectivity index (χ1) is 17.9. The third-order valence-electron chi connectivity index (χ3n) is 6.43. The number of halogens is 1. The molecule has 0 bridgehead atoms. The number of carbonyl (C=O) groups excluding carboxylic acids is 2. The van der Waals surface area contributed by atoms with E-state index in [1.807, 2.05) is 0 Å². The van der Waals surface area contributed by atoms with E-state index >= 15 is 0 Å². The summed E-state index contributed by atoms with van der Waals surface area (Å²) in [5.41, 5.74) is 1.71. The normalized spacial score (nSPS) is 17.2. The third-order valence-corrected chi connectivity index (χ3v) is 6.43. The molecule has 194 valence electrons. The molecule has 2 amide bonds. The van der Waals surface area contributed by atoms with Gasteiger partial charge in [0.2, 0.25) is 17.6 Å². The molecular formula is C28H29FN2O6. The summed E-state index contributed by atoms with van der Waals surface area (Å²) < 4.78 is 35.2. The van der Waals surface area contributed by atoms with Crippen LogP contribution in [0, 0.1) is 11.7 Å². The summed E-state index contributed by atoms with van der Waals surface area (Å²) in [5.74, 6) is 0.386. The van der Waals surface area contributed by atoms with Gasteiger partial charge in [-0.3, -0.25) is 9.59 Å². The number of ether oxygens (including phenoxy) is 4. The van der Waals surface area contributed by atoms with Gasteiger partial charge in [-0.1, -0.05) is 12.1 Å². The van der Waals surface area contributed by atoms with Gasteiger partial charge in [-0.15, -0.1) is 0 Å². The zero-order valence-corrected chi connectivity index (χ0v) is 21.1. The van der Waals surface area contributed by atoms with Gasteiger partial charge in [-0.2, -0.15) is 0 Å². The number of methoxy groups -OCH3 is 4. The maximum atomic E-state index is 13.8. The van der Waals surface area contributed by atoms with Crippen LogP contribution in [0.5, 0.6) is 23.0 Å². The molecule has 0 saturated carbocycles. The fourth-order valence-electron chi connectivity index (χ4n) is 4.64. The summed E-state index contributed by atoms with van der Waals surface area (Å²) in [7, 11) is 6.05. The van der Waals surface area contributed by atoms with Gasteiger partial charge in [-0.05, 0) is 48.4 Å². The van der Waals surface area contributed by atoms with Gasteiger partial charge in [0.25, 0.3) is 0 Å². The Morgan fingerprint density at radius 1 is 0.892 bits per heavy atom. The molecule has 9 heteroatoms. The lowest BCUT2D eigenvalue weighted by Gasteiger charge is -2.41. The molecule has 1 heterocycles. The van der Waals surface area contributed by atoms with E-state index in [-0.39, 0.29) is 18.2 Å². The standard InChI is InChI=1S/C28H29FN2O6/c1-34-21-11-9-20(10-12-21)31-25(32)14-13-22(26(31)17-5-7-18(29)8-6-17)28(33)30-19-15-23(35-2)27(37-4)24(16-19)36-3/h5-12,15-16,22,26H,13-14H2,1-4H3,(H,30,33)/t22-,26+/m1/s1. The number of nitrogens with one attached hydrogen (secondary N) is 1. The minimum Gasteiger partial charge on any atom is -0.497 e. The van der Waals surface area contributed by atoms with Crippen molar-refractivity contribution < 1.29 is 32.9 Å². The van der Waals surface area contributed by atoms with Gasteiger partial charge in [0, 0.05) is 29.9 Å². The molecule has 0 aromatic heterocycles. The molecule has 1 aliphatic heterocycles. The number of anilines is 2. The third kappa shape index (κ3) is 5.30. The van der Waals surface area contributed by atoms with Crippen molar-refractivity contribution in [3.8, 4) is 23.0 Å². The van der Waals surface area contributed by atoms with Crippen LogP contribution in [0.15, 0.2) is 60.7 Å². The van der Waals surface area contributed by atoms with E-state index in [1.54, 1.807) is 60.5 Å². The van der Waals surface area contributed by atoms with Crippen LogP contribution in [0.3, 0.4) is 0 Å². The van der Waals surface area contributed by atoms with E-state index in [4.69, 9.17) is 18.9 Å². The molecule has 8 nitrogen and oxygen atoms in total. The van der Waals surface area contributed by atoms with Crippen molar-refractivity contribution in [3.63, 3.8) is 0 Å². The van der Waals surface area contributed by atoms with E-state index in [0.29, 0.717) is 46.4 Å². The Labute approximate surface area is 214 Å². The number of carbonyl (C=O) groups is 2. The number of piperidine rings is 1. The van der Waals surface area contributed by atoms with E-state index < -0.39 is 17.8 Å². The Kier molecular flexibility index (Phi) is 7.81. The van der Waals surface area contributed by atoms with Crippen molar-refractivity contribution in [3.05, 3.63) is 72.0 Å². The molecule has 1 saturated heterocycles. The van der Waals surface area contributed by atoms with E-state index in [2.05, 4.69) is 5.32 Å². The van der Waals surface area contributed by atoms with Crippen LogP contribution >= 0.6 is 0 Å². The molecule has 0 spiro atoms. The molecule has 1 N–H and O–H groups in total. The molecule has 4 rings (SSSR count). The number of benzene rings is 3. The van der Waals surface area contributed by atoms with Gasteiger partial charge in [-0.25, -0.2) is 4.39 Å². The summed E-state index contributed by atoms with van der Waals surface area (Å²) in [5, 5.41) is 2.94. The molecule has 2 atom stereocenters. The van der Waals surface area contributed by atoms with Crippen molar-refractivity contribution >= 4 is 23.2 Å². The Hall–Kier alpha value is -4.27. The van der Waals surface area contributed by atoms with E-state index in [0.717, 1.165) is 0 Å². The maximum absolute atomic E-state index is 13.8. The van der Waals surface area contributed by atoms with Crippen LogP contribution in [0.4, 0.5) is 15.8 Å². The van der Waals surface area contributed by atoms with Gasteiger partial charge in [0.1, 0.15) is 11.6 Å². The van der Waals surface area contributed by atoms with Crippen molar-refractivity contribution in [2.75, 3.05) is 38.7 Å². The second kappa shape index (κ2) is 11.2. The SMILES string of the molecule is COc1ccc(N2C(=O)CC[C@@H](C(=O)Nc3cc(OC)c(OC)c(OC)c3)[C@@H]2c2ccc(F)cc2)cc1. The van der Waals surface area contributed by atoms with Crippen LogP contribution in [0.1, 0.15) is 24.4 Å². The molecule has 1 fully saturated rings. The topological polar surface area (TPSA) is 86.3 Å². The van der Waals surface area contributed by atoms with Gasteiger partial charge >= 0.3 is 0 Å². The fourth-order valence-corrected chi connectivity index (χ4v) is 4.64. The Morgan fingerprint density at radius 2 is 1.51 bits per heavy atom. The predicted molar refractivity (Wildman–Crippen MR) is 137 cm³/mol. The number of rotatable bonds is 8. The highest BCUT2D eigenvalue weighted by Gasteiger charge is 2.41. The lowest BCUT2D eigenvalue weighted by atomic mass is 9.83. The fraction of sp³-hybridized carbons (Fsp3) is 0.286. The van der Waals surface area contributed by atoms with Crippen molar-refractivity contribution in [2.45, 2.75) is 18.9 Å². The van der Waals surface area contributed by atoms with Crippen LogP contribution in [0.25, 0.3) is 0 Å². The zero-order chi connectivity index (χ0) is 26.5. The quantitative estimate of drug-likeness (QED) is 0.462. The second-order valence-electron chi connectivity index (χ2n) is 8.51. The minimum atomic E-state index is -0.655. The lowest BCUT2D eigenvalue weighted by molar-refractivity contribution is -0.125. The maximum Gasteiger partial charge on any atom is 0.229 e. The molecule has 0 radical (unpaired) electrons.